The van der Waals surface area contributed by atoms with Gasteiger partial charge >= 0.3 is 0 Å². The zero-order valence-electron chi connectivity index (χ0n) is 9.66. The molecule has 0 bridgehead atoms. The van der Waals surface area contributed by atoms with Crippen LogP contribution in [0, 0.1) is 0 Å². The Labute approximate surface area is 91.2 Å². The minimum absolute atomic E-state index is 0.0375. The van der Waals surface area contributed by atoms with E-state index >= 15 is 0 Å². The molecule has 1 heterocycles. The van der Waals surface area contributed by atoms with Crippen LogP contribution >= 0.6 is 0 Å². The molecule has 0 unspecified atom stereocenters. The van der Waals surface area contributed by atoms with E-state index < -0.39 is 0 Å². The molecular weight excluding hydrogens is 192 g/mol. The molecule has 4 heteroatoms. The lowest BCUT2D eigenvalue weighted by Gasteiger charge is -2.27. The molecule has 0 aliphatic carbocycles. The second-order valence-electron chi connectivity index (χ2n) is 3.92. The van der Waals surface area contributed by atoms with Gasteiger partial charge in [-0.25, -0.2) is 0 Å². The van der Waals surface area contributed by atoms with Gasteiger partial charge in [0.05, 0.1) is 0 Å². The zero-order chi connectivity index (χ0) is 11.3. The molecule has 86 valence electrons. The fraction of sp³-hybridized carbons (Fsp3) is 0.818. The maximum atomic E-state index is 11.5. The highest BCUT2D eigenvalue weighted by Gasteiger charge is 2.34. The SMILES string of the molecule is CCCCN1C(=O)CC(=O)N1CCCC. The molecule has 0 aromatic heterocycles. The minimum Gasteiger partial charge on any atom is -0.272 e. The van der Waals surface area contributed by atoms with Gasteiger partial charge in [-0.15, -0.1) is 0 Å². The summed E-state index contributed by atoms with van der Waals surface area (Å²) in [7, 11) is 0. The van der Waals surface area contributed by atoms with Crippen LogP contribution in [0.5, 0.6) is 0 Å². The van der Waals surface area contributed by atoms with Crippen LogP contribution in [-0.2, 0) is 9.59 Å². The first kappa shape index (κ1) is 12.0. The van der Waals surface area contributed by atoms with Crippen molar-refractivity contribution in [2.24, 2.45) is 0 Å². The summed E-state index contributed by atoms with van der Waals surface area (Å²) in [6, 6.07) is 0. The van der Waals surface area contributed by atoms with Gasteiger partial charge in [-0.3, -0.25) is 19.6 Å². The van der Waals surface area contributed by atoms with E-state index in [4.69, 9.17) is 0 Å². The van der Waals surface area contributed by atoms with Crippen molar-refractivity contribution in [2.45, 2.75) is 46.0 Å². The van der Waals surface area contributed by atoms with Crippen LogP contribution in [0.2, 0.25) is 0 Å². The van der Waals surface area contributed by atoms with Gasteiger partial charge in [0, 0.05) is 13.1 Å². The molecule has 0 N–H and O–H groups in total. The Morgan fingerprint density at radius 1 is 0.933 bits per heavy atom. The lowest BCUT2D eigenvalue weighted by molar-refractivity contribution is -0.147. The quantitative estimate of drug-likeness (QED) is 0.627. The van der Waals surface area contributed by atoms with E-state index in [0.717, 1.165) is 25.7 Å². The number of carbonyl (C=O) groups is 2. The fourth-order valence-electron chi connectivity index (χ4n) is 1.69. The van der Waals surface area contributed by atoms with Crippen LogP contribution in [0.15, 0.2) is 0 Å². The van der Waals surface area contributed by atoms with Crippen molar-refractivity contribution in [2.75, 3.05) is 13.1 Å². The first-order valence-electron chi connectivity index (χ1n) is 5.81. The average molecular weight is 212 g/mol. The van der Waals surface area contributed by atoms with Gasteiger partial charge in [-0.1, -0.05) is 26.7 Å². The topological polar surface area (TPSA) is 40.6 Å². The lowest BCUT2D eigenvalue weighted by atomic mass is 10.3. The molecule has 1 rings (SSSR count). The van der Waals surface area contributed by atoms with Gasteiger partial charge in [0.25, 0.3) is 11.8 Å². The van der Waals surface area contributed by atoms with Crippen molar-refractivity contribution < 1.29 is 9.59 Å². The van der Waals surface area contributed by atoms with E-state index in [1.807, 2.05) is 0 Å². The molecule has 0 radical (unpaired) electrons. The fourth-order valence-corrected chi connectivity index (χ4v) is 1.69. The van der Waals surface area contributed by atoms with E-state index in [2.05, 4.69) is 13.8 Å². The van der Waals surface area contributed by atoms with E-state index in [1.54, 1.807) is 10.0 Å². The van der Waals surface area contributed by atoms with Crippen LogP contribution in [0.3, 0.4) is 0 Å². The van der Waals surface area contributed by atoms with E-state index in [0.29, 0.717) is 13.1 Å². The Balaban J connectivity index is 2.54. The van der Waals surface area contributed by atoms with Crippen molar-refractivity contribution in [1.82, 2.24) is 10.0 Å². The van der Waals surface area contributed by atoms with Crippen LogP contribution in [0.4, 0.5) is 0 Å². The summed E-state index contributed by atoms with van der Waals surface area (Å²) in [5, 5.41) is 3.25. The first-order valence-corrected chi connectivity index (χ1v) is 5.81. The Bertz CT molecular complexity index is 217. The van der Waals surface area contributed by atoms with E-state index in [1.165, 1.54) is 0 Å². The molecule has 0 saturated carbocycles. The van der Waals surface area contributed by atoms with Gasteiger partial charge in [-0.05, 0) is 12.8 Å². The van der Waals surface area contributed by atoms with Gasteiger partial charge < -0.3 is 0 Å². The molecule has 1 aliphatic rings. The molecule has 1 fully saturated rings. The average Bonchev–Trinajstić information content (AvgIpc) is 2.47. The van der Waals surface area contributed by atoms with Crippen LogP contribution in [0.1, 0.15) is 46.0 Å². The Morgan fingerprint density at radius 2 is 1.33 bits per heavy atom. The highest BCUT2D eigenvalue weighted by Crippen LogP contribution is 2.15. The number of unbranched alkanes of at least 4 members (excludes halogenated alkanes) is 2. The third-order valence-electron chi connectivity index (χ3n) is 2.62. The number of hydrogen-bond donors (Lipinski definition) is 0. The predicted octanol–water partition coefficient (Wildman–Crippen LogP) is 1.56. The number of rotatable bonds is 6. The molecule has 2 amide bonds. The smallest absolute Gasteiger partial charge is 0.250 e. The summed E-state index contributed by atoms with van der Waals surface area (Å²) in [6.45, 7) is 5.53. The standard InChI is InChI=1S/C11H20N2O2/c1-3-5-7-12-10(14)9-11(15)13(12)8-6-4-2/h3-9H2,1-2H3. The molecule has 4 nitrogen and oxygen atoms in total. The predicted molar refractivity (Wildman–Crippen MR) is 57.9 cm³/mol. The van der Waals surface area contributed by atoms with E-state index in [9.17, 15) is 9.59 Å². The lowest BCUT2D eigenvalue weighted by Crippen LogP contribution is -2.42. The van der Waals surface area contributed by atoms with E-state index in [-0.39, 0.29) is 18.2 Å². The normalized spacial score (nSPS) is 16.7. The molecule has 0 spiro atoms. The number of hydrazine groups is 1. The Morgan fingerprint density at radius 3 is 1.67 bits per heavy atom. The third kappa shape index (κ3) is 2.94. The number of amides is 2. The number of hydrogen-bond acceptors (Lipinski definition) is 2. The van der Waals surface area contributed by atoms with Gasteiger partial charge in [0.2, 0.25) is 0 Å². The molecular formula is C11H20N2O2. The molecule has 0 aromatic carbocycles. The summed E-state index contributed by atoms with van der Waals surface area (Å²) < 4.78 is 0. The Hall–Kier alpha value is -1.06. The zero-order valence-corrected chi connectivity index (χ0v) is 9.66. The molecule has 1 saturated heterocycles. The number of carbonyl (C=O) groups excluding carboxylic acids is 2. The van der Waals surface area contributed by atoms with Crippen molar-refractivity contribution in [1.29, 1.82) is 0 Å². The molecule has 1 aliphatic heterocycles. The van der Waals surface area contributed by atoms with Gasteiger partial charge in [0.15, 0.2) is 0 Å². The first-order chi connectivity index (χ1) is 7.20. The van der Waals surface area contributed by atoms with Crippen molar-refractivity contribution in [3.05, 3.63) is 0 Å². The second-order valence-corrected chi connectivity index (χ2v) is 3.92. The Kier molecular flexibility index (Phi) is 4.59. The summed E-state index contributed by atoms with van der Waals surface area (Å²) in [5.74, 6) is -0.0749. The molecule has 0 atom stereocenters. The summed E-state index contributed by atoms with van der Waals surface area (Å²) in [4.78, 5) is 23.1. The van der Waals surface area contributed by atoms with Crippen molar-refractivity contribution >= 4 is 11.8 Å². The van der Waals surface area contributed by atoms with Crippen molar-refractivity contribution in [3.8, 4) is 0 Å². The highest BCUT2D eigenvalue weighted by atomic mass is 16.2. The van der Waals surface area contributed by atoms with Crippen LogP contribution in [0.25, 0.3) is 0 Å². The third-order valence-corrected chi connectivity index (χ3v) is 2.62. The summed E-state index contributed by atoms with van der Waals surface area (Å²) in [5.41, 5.74) is 0. The minimum atomic E-state index is -0.0375. The second kappa shape index (κ2) is 5.73. The number of nitrogens with zero attached hydrogens (tertiary/aromatic N) is 2. The van der Waals surface area contributed by atoms with Gasteiger partial charge in [0.1, 0.15) is 6.42 Å². The summed E-state index contributed by atoms with van der Waals surface area (Å²) in [6.07, 6.45) is 4.07. The summed E-state index contributed by atoms with van der Waals surface area (Å²) >= 11 is 0. The van der Waals surface area contributed by atoms with Crippen LogP contribution < -0.4 is 0 Å². The van der Waals surface area contributed by atoms with Crippen LogP contribution in [-0.4, -0.2) is 34.9 Å². The molecule has 0 aromatic rings. The maximum Gasteiger partial charge on any atom is 0.250 e. The monoisotopic (exact) mass is 212 g/mol. The van der Waals surface area contributed by atoms with Gasteiger partial charge in [-0.2, -0.15) is 0 Å². The highest BCUT2D eigenvalue weighted by molar-refractivity contribution is 6.02. The molecule has 15 heavy (non-hydrogen) atoms. The largest absolute Gasteiger partial charge is 0.272 e. The maximum absolute atomic E-state index is 11.5. The van der Waals surface area contributed by atoms with Crippen molar-refractivity contribution in [3.63, 3.8) is 0 Å².